The first-order chi connectivity index (χ1) is 14.5. The van der Waals surface area contributed by atoms with Crippen molar-refractivity contribution in [2.45, 2.75) is 38.0 Å². The van der Waals surface area contributed by atoms with Gasteiger partial charge >= 0.3 is 6.43 Å². The molecule has 0 amide bonds. The predicted molar refractivity (Wildman–Crippen MR) is 104 cm³/mol. The Labute approximate surface area is 175 Å². The van der Waals surface area contributed by atoms with Crippen LogP contribution in [0.3, 0.4) is 0 Å². The lowest BCUT2D eigenvalue weighted by Gasteiger charge is -2.40. The minimum Gasteiger partial charge on any atom is -0.415 e. The number of nitrogens with zero attached hydrogens (tertiary/aromatic N) is 3. The summed E-state index contributed by atoms with van der Waals surface area (Å²) in [5, 5.41) is 6.50. The van der Waals surface area contributed by atoms with E-state index in [0.717, 1.165) is 22.0 Å². The number of hydrogen-bond acceptors (Lipinski definition) is 5. The molecule has 6 nitrogen and oxygen atoms in total. The molecule has 2 aromatic carbocycles. The molecule has 0 radical (unpaired) electrons. The number of para-hydroxylation sites is 1. The van der Waals surface area contributed by atoms with Crippen molar-refractivity contribution in [1.29, 1.82) is 0 Å². The number of anilines is 1. The quantitative estimate of drug-likeness (QED) is 0.537. The van der Waals surface area contributed by atoms with Gasteiger partial charge in [0.05, 0.1) is 17.0 Å². The van der Waals surface area contributed by atoms with Gasteiger partial charge in [-0.05, 0) is 44.0 Å². The van der Waals surface area contributed by atoms with Crippen LogP contribution in [0.2, 0.25) is 0 Å². The number of aromatic nitrogens is 2. The third-order valence-electron chi connectivity index (χ3n) is 5.18. The van der Waals surface area contributed by atoms with Gasteiger partial charge in [-0.2, -0.15) is 8.78 Å². The molecule has 0 atom stereocenters. The van der Waals surface area contributed by atoms with Crippen LogP contribution in [0, 0.1) is 11.6 Å². The Morgan fingerprint density at radius 1 is 1.13 bits per heavy atom. The fraction of sp³-hybridized carbons (Fsp3) is 0.300. The lowest BCUT2D eigenvalue weighted by Crippen LogP contribution is -2.49. The molecule has 31 heavy (non-hydrogen) atoms. The van der Waals surface area contributed by atoms with Gasteiger partial charge < -0.3 is 4.42 Å². The first kappa shape index (κ1) is 21.3. The lowest BCUT2D eigenvalue weighted by molar-refractivity contribution is 0.116. The van der Waals surface area contributed by atoms with E-state index < -0.39 is 56.7 Å². The fourth-order valence-corrected chi connectivity index (χ4v) is 5.18. The Balaban J connectivity index is 1.75. The zero-order valence-corrected chi connectivity index (χ0v) is 17.3. The highest BCUT2D eigenvalue weighted by molar-refractivity contribution is 7.94. The van der Waals surface area contributed by atoms with Crippen molar-refractivity contribution in [3.63, 3.8) is 0 Å². The van der Waals surface area contributed by atoms with Gasteiger partial charge in [-0.1, -0.05) is 18.2 Å². The van der Waals surface area contributed by atoms with Crippen LogP contribution >= 0.6 is 0 Å². The van der Waals surface area contributed by atoms with Gasteiger partial charge in [0.1, 0.15) is 11.6 Å². The Hall–Kier alpha value is -2.95. The predicted octanol–water partition coefficient (Wildman–Crippen LogP) is 4.62. The van der Waals surface area contributed by atoms with Crippen molar-refractivity contribution in [3.05, 3.63) is 65.1 Å². The van der Waals surface area contributed by atoms with Gasteiger partial charge in [-0.15, -0.1) is 10.2 Å². The third kappa shape index (κ3) is 3.56. The Morgan fingerprint density at radius 2 is 1.77 bits per heavy atom. The highest BCUT2D eigenvalue weighted by Gasteiger charge is 2.45. The Morgan fingerprint density at radius 3 is 2.39 bits per heavy atom. The molecule has 0 fully saturated rings. The second-order valence-corrected chi connectivity index (χ2v) is 10.2. The number of benzene rings is 2. The molecule has 0 spiro atoms. The SMILES string of the molecule is CC1(C)Cc2ccccc2N(Cc2c(F)cc(-c3nnc(C(F)F)o3)cc2F)S1(=O)=O. The Kier molecular flexibility index (Phi) is 5.03. The van der Waals surface area contributed by atoms with Gasteiger partial charge in [0.15, 0.2) is 0 Å². The highest BCUT2D eigenvalue weighted by atomic mass is 32.2. The van der Waals surface area contributed by atoms with E-state index in [9.17, 15) is 26.0 Å². The smallest absolute Gasteiger partial charge is 0.314 e. The maximum Gasteiger partial charge on any atom is 0.314 e. The van der Waals surface area contributed by atoms with E-state index in [1.807, 2.05) is 0 Å². The summed E-state index contributed by atoms with van der Waals surface area (Å²) in [6.45, 7) is 2.53. The summed E-state index contributed by atoms with van der Waals surface area (Å²) in [4.78, 5) is 0. The fourth-order valence-electron chi connectivity index (χ4n) is 3.51. The van der Waals surface area contributed by atoms with Crippen LogP contribution < -0.4 is 4.31 Å². The molecule has 0 bridgehead atoms. The van der Waals surface area contributed by atoms with Gasteiger partial charge in [0.25, 0.3) is 5.89 Å². The van der Waals surface area contributed by atoms with Gasteiger partial charge in [0.2, 0.25) is 15.9 Å². The number of fused-ring (bicyclic) bond motifs is 1. The van der Waals surface area contributed by atoms with Crippen LogP contribution in [-0.2, 0) is 23.0 Å². The van der Waals surface area contributed by atoms with Gasteiger partial charge in [-0.25, -0.2) is 17.2 Å². The average Bonchev–Trinajstić information content (AvgIpc) is 3.17. The van der Waals surface area contributed by atoms with Crippen LogP contribution in [-0.4, -0.2) is 23.4 Å². The molecule has 2 heterocycles. The largest absolute Gasteiger partial charge is 0.415 e. The zero-order valence-electron chi connectivity index (χ0n) is 16.4. The second-order valence-electron chi connectivity index (χ2n) is 7.74. The number of hydrogen-bond donors (Lipinski definition) is 0. The van der Waals surface area contributed by atoms with Crippen molar-refractivity contribution in [2.75, 3.05) is 4.31 Å². The summed E-state index contributed by atoms with van der Waals surface area (Å²) >= 11 is 0. The number of alkyl halides is 2. The van der Waals surface area contributed by atoms with Crippen molar-refractivity contribution < 1.29 is 30.4 Å². The molecule has 1 aliphatic rings. The summed E-state index contributed by atoms with van der Waals surface area (Å²) < 4.78 is 85.8. The van der Waals surface area contributed by atoms with E-state index >= 15 is 0 Å². The normalized spacial score (nSPS) is 17.1. The van der Waals surface area contributed by atoms with Crippen LogP contribution in [0.25, 0.3) is 11.5 Å². The molecule has 164 valence electrons. The summed E-state index contributed by atoms with van der Waals surface area (Å²) in [7, 11) is -3.94. The molecule has 0 saturated heterocycles. The molecule has 1 aliphatic heterocycles. The van der Waals surface area contributed by atoms with Gasteiger partial charge in [0, 0.05) is 11.1 Å². The third-order valence-corrected chi connectivity index (χ3v) is 7.63. The van der Waals surface area contributed by atoms with E-state index in [1.54, 1.807) is 38.1 Å². The minimum atomic E-state index is -3.94. The standard InChI is InChI=1S/C20H17F4N3O3S/c1-20(2)9-11-5-3-4-6-16(11)27(31(20,28)29)10-13-14(21)7-12(8-15(13)22)18-25-26-19(30-18)17(23)24/h3-8,17H,9-10H2,1-2H3. The van der Waals surface area contributed by atoms with Crippen LogP contribution in [0.4, 0.5) is 23.2 Å². The first-order valence-electron chi connectivity index (χ1n) is 9.21. The van der Waals surface area contributed by atoms with Crippen molar-refractivity contribution in [1.82, 2.24) is 10.2 Å². The van der Waals surface area contributed by atoms with Crippen molar-refractivity contribution in [2.24, 2.45) is 0 Å². The van der Waals surface area contributed by atoms with E-state index in [2.05, 4.69) is 10.2 Å². The van der Waals surface area contributed by atoms with Gasteiger partial charge in [-0.3, -0.25) is 4.31 Å². The highest BCUT2D eigenvalue weighted by Crippen LogP contribution is 2.40. The molecule has 0 aliphatic carbocycles. The summed E-state index contributed by atoms with van der Waals surface area (Å²) in [5.41, 5.74) is 0.363. The number of halogens is 4. The minimum absolute atomic E-state index is 0.236. The molecule has 4 rings (SSSR count). The van der Waals surface area contributed by atoms with E-state index in [4.69, 9.17) is 4.42 Å². The van der Waals surface area contributed by atoms with Crippen LogP contribution in [0.5, 0.6) is 0 Å². The monoisotopic (exact) mass is 455 g/mol. The number of sulfonamides is 1. The zero-order chi connectivity index (χ0) is 22.6. The van der Waals surface area contributed by atoms with E-state index in [1.165, 1.54) is 0 Å². The molecule has 11 heteroatoms. The first-order valence-corrected chi connectivity index (χ1v) is 10.7. The maximum absolute atomic E-state index is 14.8. The van der Waals surface area contributed by atoms with E-state index in [0.29, 0.717) is 5.69 Å². The molecular formula is C20H17F4N3O3S. The second kappa shape index (κ2) is 7.33. The van der Waals surface area contributed by atoms with Crippen molar-refractivity contribution in [3.8, 4) is 11.5 Å². The van der Waals surface area contributed by atoms with Crippen LogP contribution in [0.15, 0.2) is 40.8 Å². The van der Waals surface area contributed by atoms with Crippen LogP contribution in [0.1, 0.15) is 37.3 Å². The topological polar surface area (TPSA) is 76.3 Å². The Bertz CT molecular complexity index is 1240. The number of rotatable bonds is 4. The summed E-state index contributed by atoms with van der Waals surface area (Å²) in [6.07, 6.45) is -2.77. The molecule has 0 N–H and O–H groups in total. The summed E-state index contributed by atoms with van der Waals surface area (Å²) in [6, 6.07) is 8.44. The molecular weight excluding hydrogens is 438 g/mol. The molecule has 3 aromatic rings. The molecule has 0 unspecified atom stereocenters. The van der Waals surface area contributed by atoms with E-state index in [-0.39, 0.29) is 12.0 Å². The maximum atomic E-state index is 14.8. The molecule has 0 saturated carbocycles. The molecule has 1 aromatic heterocycles. The summed E-state index contributed by atoms with van der Waals surface area (Å²) in [5.74, 6) is -3.58. The van der Waals surface area contributed by atoms with Crippen molar-refractivity contribution >= 4 is 15.7 Å². The lowest BCUT2D eigenvalue weighted by atomic mass is 9.99. The average molecular weight is 455 g/mol.